The summed E-state index contributed by atoms with van der Waals surface area (Å²) in [5, 5.41) is 9.70. The van der Waals surface area contributed by atoms with Gasteiger partial charge in [-0.15, -0.1) is 11.8 Å². The number of ether oxygens (including phenoxy) is 2. The van der Waals surface area contributed by atoms with Crippen LogP contribution < -0.4 is 9.64 Å². The summed E-state index contributed by atoms with van der Waals surface area (Å²) in [6.07, 6.45) is 8.45. The summed E-state index contributed by atoms with van der Waals surface area (Å²) in [6, 6.07) is 5.77. The lowest BCUT2D eigenvalue weighted by molar-refractivity contribution is -0.153. The second-order valence-electron chi connectivity index (χ2n) is 9.05. The van der Waals surface area contributed by atoms with E-state index < -0.39 is 34.6 Å². The zero-order valence-electron chi connectivity index (χ0n) is 19.1. The molecule has 2 amide bonds. The van der Waals surface area contributed by atoms with Crippen LogP contribution in [0.15, 0.2) is 48.6 Å². The number of amides is 2. The van der Waals surface area contributed by atoms with Crippen molar-refractivity contribution in [3.05, 3.63) is 48.6 Å². The summed E-state index contributed by atoms with van der Waals surface area (Å²) >= 11 is 1.49. The summed E-state index contributed by atoms with van der Waals surface area (Å²) in [5.41, 5.74) is 0.688. The van der Waals surface area contributed by atoms with E-state index in [1.54, 1.807) is 31.1 Å². The third kappa shape index (κ3) is 3.36. The van der Waals surface area contributed by atoms with Crippen molar-refractivity contribution in [2.24, 2.45) is 11.8 Å². The Morgan fingerprint density at radius 1 is 1.21 bits per heavy atom. The molecule has 8 nitrogen and oxygen atoms in total. The number of hydrogen-bond acceptors (Lipinski definition) is 7. The van der Waals surface area contributed by atoms with Gasteiger partial charge < -0.3 is 24.4 Å². The van der Waals surface area contributed by atoms with Gasteiger partial charge in [0.25, 0.3) is 5.91 Å². The number of carbonyl (C=O) groups excluding carboxylic acids is 3. The lowest BCUT2D eigenvalue weighted by Gasteiger charge is -2.37. The van der Waals surface area contributed by atoms with Crippen LogP contribution in [0, 0.1) is 11.8 Å². The van der Waals surface area contributed by atoms with Gasteiger partial charge in [-0.05, 0) is 37.6 Å². The van der Waals surface area contributed by atoms with Crippen molar-refractivity contribution in [2.45, 2.75) is 35.4 Å². The van der Waals surface area contributed by atoms with Gasteiger partial charge in [0.2, 0.25) is 5.91 Å². The molecule has 2 fully saturated rings. The number of methoxy groups -OCH3 is 1. The van der Waals surface area contributed by atoms with Crippen molar-refractivity contribution >= 4 is 35.2 Å². The number of hydrogen-bond donors (Lipinski definition) is 1. The molecule has 1 N–H and O–H groups in total. The number of thioether (sulfide) groups is 1. The average molecular weight is 485 g/mol. The first kappa shape index (κ1) is 23.0. The fraction of sp³-hybridized carbons (Fsp3) is 0.480. The number of benzene rings is 1. The number of cyclic esters (lactones) is 1. The molecule has 1 aromatic rings. The van der Waals surface area contributed by atoms with E-state index in [0.29, 0.717) is 24.4 Å². The monoisotopic (exact) mass is 484 g/mol. The number of nitrogens with zero attached hydrogens (tertiary/aromatic N) is 2. The number of likely N-dealkylation sites (tertiary alicyclic amines) is 1. The van der Waals surface area contributed by atoms with Gasteiger partial charge >= 0.3 is 5.97 Å². The van der Waals surface area contributed by atoms with E-state index in [9.17, 15) is 19.5 Å². The highest BCUT2D eigenvalue weighted by atomic mass is 32.2. The first-order valence-corrected chi connectivity index (χ1v) is 12.4. The summed E-state index contributed by atoms with van der Waals surface area (Å²) in [7, 11) is 1.58. The highest BCUT2D eigenvalue weighted by Gasteiger charge is 2.71. The lowest BCUT2D eigenvalue weighted by Crippen LogP contribution is -2.56. The molecule has 1 spiro atoms. The molecule has 6 atom stereocenters. The van der Waals surface area contributed by atoms with Crippen molar-refractivity contribution in [3.63, 3.8) is 0 Å². The van der Waals surface area contributed by atoms with Gasteiger partial charge in [0.1, 0.15) is 11.8 Å². The maximum absolute atomic E-state index is 14.2. The Hall–Kier alpha value is -2.78. The first-order valence-electron chi connectivity index (χ1n) is 11.5. The summed E-state index contributed by atoms with van der Waals surface area (Å²) < 4.78 is 9.78. The van der Waals surface area contributed by atoms with Crippen molar-refractivity contribution < 1.29 is 29.0 Å². The van der Waals surface area contributed by atoms with Crippen molar-refractivity contribution in [1.82, 2.24) is 4.90 Å². The van der Waals surface area contributed by atoms with Crippen LogP contribution >= 0.6 is 11.8 Å². The molecule has 1 unspecified atom stereocenters. The van der Waals surface area contributed by atoms with Crippen molar-refractivity contribution in [3.8, 4) is 5.75 Å². The quantitative estimate of drug-likeness (QED) is 0.514. The van der Waals surface area contributed by atoms with E-state index in [1.807, 2.05) is 36.4 Å². The number of rotatable bonds is 4. The predicted octanol–water partition coefficient (Wildman–Crippen LogP) is 1.78. The second-order valence-corrected chi connectivity index (χ2v) is 10.5. The molecule has 4 aliphatic rings. The van der Waals surface area contributed by atoms with Crippen LogP contribution in [0.2, 0.25) is 0 Å². The molecule has 0 aliphatic carbocycles. The SMILES string of the molecule is COc1ccc(N2CC=C[C@]34S[C@@H]5C=CCCOC(=O)[C@@H]5[C@H]3C(=O)N([C@H](C)CO)C4C2=O)cc1. The van der Waals surface area contributed by atoms with Gasteiger partial charge in [-0.3, -0.25) is 14.4 Å². The number of anilines is 1. The molecule has 1 aromatic carbocycles. The van der Waals surface area contributed by atoms with E-state index in [0.717, 1.165) is 0 Å². The third-order valence-electron chi connectivity index (χ3n) is 7.18. The Labute approximate surface area is 202 Å². The fourth-order valence-corrected chi connectivity index (χ4v) is 7.59. The fourth-order valence-electron chi connectivity index (χ4n) is 5.60. The summed E-state index contributed by atoms with van der Waals surface area (Å²) in [6.45, 7) is 2.05. The molecule has 2 saturated heterocycles. The van der Waals surface area contributed by atoms with Crippen LogP contribution in [0.3, 0.4) is 0 Å². The van der Waals surface area contributed by atoms with Crippen molar-refractivity contribution in [2.75, 3.05) is 31.8 Å². The molecular formula is C25H28N2O6S. The Kier molecular flexibility index (Phi) is 5.93. The smallest absolute Gasteiger partial charge is 0.311 e. The molecule has 0 aromatic heterocycles. The molecule has 5 rings (SSSR count). The maximum Gasteiger partial charge on any atom is 0.311 e. The molecule has 180 valence electrons. The normalized spacial score (nSPS) is 33.4. The second kappa shape index (κ2) is 8.78. The zero-order chi connectivity index (χ0) is 24.0. The van der Waals surface area contributed by atoms with Gasteiger partial charge in [-0.1, -0.05) is 24.3 Å². The Morgan fingerprint density at radius 3 is 2.68 bits per heavy atom. The third-order valence-corrected chi connectivity index (χ3v) is 8.93. The van der Waals surface area contributed by atoms with Gasteiger partial charge in [0.15, 0.2) is 0 Å². The molecular weight excluding hydrogens is 456 g/mol. The molecule has 34 heavy (non-hydrogen) atoms. The number of fused-ring (bicyclic) bond motifs is 2. The van der Waals surface area contributed by atoms with Crippen LogP contribution in [0.5, 0.6) is 5.75 Å². The van der Waals surface area contributed by atoms with Gasteiger partial charge in [-0.2, -0.15) is 0 Å². The molecule has 0 radical (unpaired) electrons. The van der Waals surface area contributed by atoms with Crippen LogP contribution in [0.1, 0.15) is 13.3 Å². The average Bonchev–Trinajstić information content (AvgIpc) is 3.22. The molecule has 4 heterocycles. The summed E-state index contributed by atoms with van der Waals surface area (Å²) in [5.74, 6) is -1.66. The Morgan fingerprint density at radius 2 is 1.97 bits per heavy atom. The standard InChI is InChI=1S/C25H28N2O6S/c1-15(14-28)27-21-23(30)26(16-7-9-17(32-2)10-8-16)12-5-11-25(21)20(22(27)29)19-18(34-25)6-3-4-13-33-24(19)31/h3,5-11,15,18-21,28H,4,12-14H2,1-2H3/t15-,18-,19+,20+,21?,25+/m1/s1. The lowest BCUT2D eigenvalue weighted by atomic mass is 9.78. The van der Waals surface area contributed by atoms with Gasteiger partial charge in [-0.25, -0.2) is 0 Å². The Balaban J connectivity index is 1.61. The van der Waals surface area contributed by atoms with E-state index in [4.69, 9.17) is 9.47 Å². The number of esters is 1. The van der Waals surface area contributed by atoms with E-state index in [1.165, 1.54) is 16.7 Å². The van der Waals surface area contributed by atoms with Crippen LogP contribution in [-0.2, 0) is 19.1 Å². The highest BCUT2D eigenvalue weighted by Crippen LogP contribution is 2.61. The van der Waals surface area contributed by atoms with Crippen LogP contribution in [0.25, 0.3) is 0 Å². The molecule has 0 bridgehead atoms. The topological polar surface area (TPSA) is 96.4 Å². The van der Waals surface area contributed by atoms with Gasteiger partial charge in [0.05, 0.1) is 42.9 Å². The predicted molar refractivity (Wildman–Crippen MR) is 127 cm³/mol. The zero-order valence-corrected chi connectivity index (χ0v) is 19.9. The van der Waals surface area contributed by atoms with Crippen LogP contribution in [0.4, 0.5) is 5.69 Å². The van der Waals surface area contributed by atoms with E-state index >= 15 is 0 Å². The number of aliphatic hydroxyl groups excluding tert-OH is 1. The first-order chi connectivity index (χ1) is 16.4. The highest BCUT2D eigenvalue weighted by molar-refractivity contribution is 8.02. The Bertz CT molecular complexity index is 1060. The summed E-state index contributed by atoms with van der Waals surface area (Å²) in [4.78, 5) is 44.2. The molecule has 9 heteroatoms. The minimum Gasteiger partial charge on any atom is -0.497 e. The van der Waals surface area contributed by atoms with Crippen molar-refractivity contribution in [1.29, 1.82) is 0 Å². The number of carbonyl (C=O) groups is 3. The van der Waals surface area contributed by atoms with Crippen LogP contribution in [-0.4, -0.2) is 76.7 Å². The minimum atomic E-state index is -0.929. The maximum atomic E-state index is 14.2. The molecule has 0 saturated carbocycles. The van der Waals surface area contributed by atoms with Gasteiger partial charge in [0, 0.05) is 17.5 Å². The van der Waals surface area contributed by atoms with E-state index in [2.05, 4.69) is 0 Å². The minimum absolute atomic E-state index is 0.231. The largest absolute Gasteiger partial charge is 0.497 e. The molecule has 4 aliphatic heterocycles. The number of aliphatic hydroxyl groups is 1. The van der Waals surface area contributed by atoms with E-state index in [-0.39, 0.29) is 30.3 Å².